The molecule has 3 N–H and O–H groups in total. The van der Waals surface area contributed by atoms with E-state index in [0.717, 1.165) is 10.5 Å². The second kappa shape index (κ2) is 17.2. The quantitative estimate of drug-likeness (QED) is 0.0830. The minimum atomic E-state index is -0.515. The number of amides is 3. The molecular weight excluding hydrogens is 639 g/mol. The van der Waals surface area contributed by atoms with Crippen LogP contribution in [0.4, 0.5) is 11.4 Å². The zero-order valence-electron chi connectivity index (χ0n) is 27.0. The molecule has 0 atom stereocenters. The van der Waals surface area contributed by atoms with Crippen molar-refractivity contribution in [3.8, 4) is 17.2 Å². The monoisotopic (exact) mass is 673 g/mol. The van der Waals surface area contributed by atoms with Gasteiger partial charge in [-0.25, -0.2) is 0 Å². The summed E-state index contributed by atoms with van der Waals surface area (Å²) in [4.78, 5) is 40.2. The van der Waals surface area contributed by atoms with Crippen molar-refractivity contribution in [2.24, 2.45) is 0 Å². The molecule has 0 unspecified atom stereocenters. The van der Waals surface area contributed by atoms with Gasteiger partial charge in [-0.1, -0.05) is 66.7 Å². The van der Waals surface area contributed by atoms with Gasteiger partial charge in [0.1, 0.15) is 29.6 Å². The lowest BCUT2D eigenvalue weighted by Gasteiger charge is -2.13. The van der Waals surface area contributed by atoms with Gasteiger partial charge in [0, 0.05) is 22.2 Å². The lowest BCUT2D eigenvalue weighted by atomic mass is 10.1. The molecule has 0 aliphatic heterocycles. The summed E-state index contributed by atoms with van der Waals surface area (Å²) in [6, 6.07) is 38.0. The summed E-state index contributed by atoms with van der Waals surface area (Å²) in [6.45, 7) is 0.426. The van der Waals surface area contributed by atoms with Crippen LogP contribution in [-0.4, -0.2) is 37.7 Å². The number of carbonyl (C=O) groups excluding carboxylic acids is 3. The van der Waals surface area contributed by atoms with Crippen molar-refractivity contribution in [1.29, 1.82) is 0 Å². The number of rotatable bonds is 14. The molecule has 10 heteroatoms. The Hall–Kier alpha value is -6.00. The Kier molecular flexibility index (Phi) is 12.1. The summed E-state index contributed by atoms with van der Waals surface area (Å²) in [5.41, 5.74) is 3.20. The van der Waals surface area contributed by atoms with Crippen LogP contribution in [0.15, 0.2) is 138 Å². The molecule has 49 heavy (non-hydrogen) atoms. The molecule has 0 bridgehead atoms. The Morgan fingerprint density at radius 1 is 0.714 bits per heavy atom. The smallest absolute Gasteiger partial charge is 0.272 e. The van der Waals surface area contributed by atoms with Crippen molar-refractivity contribution in [1.82, 2.24) is 5.32 Å². The predicted octanol–water partition coefficient (Wildman–Crippen LogP) is 7.42. The van der Waals surface area contributed by atoms with Crippen LogP contribution in [0, 0.1) is 0 Å². The highest BCUT2D eigenvalue weighted by Crippen LogP contribution is 2.30. The van der Waals surface area contributed by atoms with E-state index in [2.05, 4.69) is 16.0 Å². The second-order valence-electron chi connectivity index (χ2n) is 10.6. The number of ether oxygens (including phenoxy) is 3. The third kappa shape index (κ3) is 10.2. The maximum Gasteiger partial charge on any atom is 0.272 e. The molecule has 0 aliphatic rings. The number of methoxy groups -OCH3 is 2. The van der Waals surface area contributed by atoms with E-state index in [1.54, 1.807) is 73.8 Å². The van der Waals surface area contributed by atoms with Crippen molar-refractivity contribution in [3.63, 3.8) is 0 Å². The first kappa shape index (κ1) is 34.3. The Morgan fingerprint density at radius 3 is 2.14 bits per heavy atom. The summed E-state index contributed by atoms with van der Waals surface area (Å²) < 4.78 is 16.5. The molecule has 0 saturated heterocycles. The molecule has 0 aliphatic carbocycles. The highest BCUT2D eigenvalue weighted by atomic mass is 32.2. The van der Waals surface area contributed by atoms with Crippen molar-refractivity contribution < 1.29 is 28.6 Å². The highest BCUT2D eigenvalue weighted by Gasteiger charge is 2.16. The number of anilines is 2. The molecule has 0 aromatic heterocycles. The van der Waals surface area contributed by atoms with Gasteiger partial charge >= 0.3 is 0 Å². The average molecular weight is 674 g/mol. The molecule has 0 spiro atoms. The van der Waals surface area contributed by atoms with Crippen molar-refractivity contribution in [3.05, 3.63) is 150 Å². The summed E-state index contributed by atoms with van der Waals surface area (Å²) in [5.74, 6) is 0.708. The molecule has 5 aromatic rings. The molecule has 0 saturated carbocycles. The van der Waals surface area contributed by atoms with Gasteiger partial charge in [-0.05, 0) is 71.8 Å². The first-order valence-electron chi connectivity index (χ1n) is 15.3. The van der Waals surface area contributed by atoms with E-state index in [-0.39, 0.29) is 17.4 Å². The molecule has 5 rings (SSSR count). The van der Waals surface area contributed by atoms with Crippen LogP contribution in [0.3, 0.4) is 0 Å². The maximum atomic E-state index is 13.6. The lowest BCUT2D eigenvalue weighted by Crippen LogP contribution is -2.30. The maximum absolute atomic E-state index is 13.6. The van der Waals surface area contributed by atoms with Crippen molar-refractivity contribution in [2.75, 3.05) is 30.6 Å². The van der Waals surface area contributed by atoms with Crippen LogP contribution >= 0.6 is 11.8 Å². The summed E-state index contributed by atoms with van der Waals surface area (Å²) >= 11 is 1.30. The zero-order chi connectivity index (χ0) is 34.4. The Bertz CT molecular complexity index is 1920. The molecule has 3 amide bonds. The van der Waals surface area contributed by atoms with E-state index in [4.69, 9.17) is 14.2 Å². The van der Waals surface area contributed by atoms with Gasteiger partial charge in [0.15, 0.2) is 0 Å². The number of hydrogen-bond donors (Lipinski definition) is 3. The second-order valence-corrected chi connectivity index (χ2v) is 11.7. The fourth-order valence-corrected chi connectivity index (χ4v) is 5.37. The van der Waals surface area contributed by atoms with Gasteiger partial charge in [-0.2, -0.15) is 0 Å². The van der Waals surface area contributed by atoms with Crippen LogP contribution < -0.4 is 30.2 Å². The average Bonchev–Trinajstić information content (AvgIpc) is 3.14. The van der Waals surface area contributed by atoms with Crippen LogP contribution in [0.5, 0.6) is 17.2 Å². The van der Waals surface area contributed by atoms with Crippen LogP contribution in [0.1, 0.15) is 21.5 Å². The molecule has 0 fully saturated rings. The third-order valence-electron chi connectivity index (χ3n) is 7.11. The summed E-state index contributed by atoms with van der Waals surface area (Å²) in [6.07, 6.45) is 1.60. The number of thioether (sulfide) groups is 1. The van der Waals surface area contributed by atoms with Crippen LogP contribution in [0.2, 0.25) is 0 Å². The third-order valence-corrected chi connectivity index (χ3v) is 8.10. The van der Waals surface area contributed by atoms with Crippen molar-refractivity contribution >= 4 is 46.9 Å². The molecule has 5 aromatic carbocycles. The fraction of sp³-hybridized carbons (Fsp3) is 0.103. The first-order valence-corrected chi connectivity index (χ1v) is 16.3. The Balaban J connectivity index is 1.26. The standard InChI is InChI=1S/C39H35N3O6S/c1-46-32-20-21-36(47-2)34(24-32)41-37(43)26-49-33-15-9-14-30(23-33)40-39(45)35(42-38(44)29-12-7-4-8-13-29)22-27-16-18-31(19-17-27)48-25-28-10-5-3-6-11-28/h3-24H,25-26H2,1-2H3,(H,40,45)(H,41,43)(H,42,44)/b35-22+. The first-order chi connectivity index (χ1) is 23.9. The number of benzene rings is 5. The topological polar surface area (TPSA) is 115 Å². The zero-order valence-corrected chi connectivity index (χ0v) is 27.8. The predicted molar refractivity (Wildman–Crippen MR) is 193 cm³/mol. The fourth-order valence-electron chi connectivity index (χ4n) is 4.62. The van der Waals surface area contributed by atoms with E-state index < -0.39 is 11.8 Å². The van der Waals surface area contributed by atoms with Gasteiger partial charge in [0.25, 0.3) is 11.8 Å². The Morgan fingerprint density at radius 2 is 1.43 bits per heavy atom. The van der Waals surface area contributed by atoms with E-state index in [1.165, 1.54) is 18.9 Å². The molecule has 0 heterocycles. The molecular formula is C39H35N3O6S. The number of nitrogens with one attached hydrogen (secondary N) is 3. The summed E-state index contributed by atoms with van der Waals surface area (Å²) in [5, 5.41) is 8.48. The van der Waals surface area contributed by atoms with Gasteiger partial charge in [0.2, 0.25) is 5.91 Å². The summed E-state index contributed by atoms with van der Waals surface area (Å²) in [7, 11) is 3.07. The van der Waals surface area contributed by atoms with Gasteiger partial charge in [-0.3, -0.25) is 14.4 Å². The number of hydrogen-bond acceptors (Lipinski definition) is 7. The normalized spacial score (nSPS) is 10.9. The molecule has 248 valence electrons. The van der Waals surface area contributed by atoms with Gasteiger partial charge in [-0.15, -0.1) is 11.8 Å². The lowest BCUT2D eigenvalue weighted by molar-refractivity contribution is -0.114. The van der Waals surface area contributed by atoms with Gasteiger partial charge < -0.3 is 30.2 Å². The SMILES string of the molecule is COc1ccc(OC)c(NC(=O)CSc2cccc(NC(=O)/C(=C\c3ccc(OCc4ccccc4)cc3)NC(=O)c3ccccc3)c2)c1. The van der Waals surface area contributed by atoms with E-state index in [1.807, 2.05) is 66.7 Å². The van der Waals surface area contributed by atoms with Crippen molar-refractivity contribution in [2.45, 2.75) is 11.5 Å². The largest absolute Gasteiger partial charge is 0.497 e. The minimum absolute atomic E-state index is 0.0523. The molecule has 9 nitrogen and oxygen atoms in total. The van der Waals surface area contributed by atoms with E-state index in [0.29, 0.717) is 46.4 Å². The highest BCUT2D eigenvalue weighted by molar-refractivity contribution is 8.00. The van der Waals surface area contributed by atoms with Crippen LogP contribution in [0.25, 0.3) is 6.08 Å². The minimum Gasteiger partial charge on any atom is -0.497 e. The molecule has 0 radical (unpaired) electrons. The van der Waals surface area contributed by atoms with E-state index >= 15 is 0 Å². The number of carbonyl (C=O) groups is 3. The Labute approximate surface area is 289 Å². The van der Waals surface area contributed by atoms with Crippen LogP contribution in [-0.2, 0) is 16.2 Å². The van der Waals surface area contributed by atoms with E-state index in [9.17, 15) is 14.4 Å². The van der Waals surface area contributed by atoms with Gasteiger partial charge in [0.05, 0.1) is 25.7 Å².